The zero-order valence-electron chi connectivity index (χ0n) is 16.5. The van der Waals surface area contributed by atoms with Gasteiger partial charge in [0.05, 0.1) is 0 Å². The van der Waals surface area contributed by atoms with E-state index in [0.717, 1.165) is 41.2 Å². The molecule has 1 aliphatic heterocycles. The molecule has 1 fully saturated rings. The average molecular weight is 370 g/mol. The van der Waals surface area contributed by atoms with Gasteiger partial charge in [-0.15, -0.1) is 0 Å². The highest BCUT2D eigenvalue weighted by Crippen LogP contribution is 2.25. The number of hydrogen-bond donors (Lipinski definition) is 0. The zero-order chi connectivity index (χ0) is 19.6. The van der Waals surface area contributed by atoms with Gasteiger partial charge in [0.25, 0.3) is 5.91 Å². The number of hydrogen-bond acceptors (Lipinski definition) is 3. The summed E-state index contributed by atoms with van der Waals surface area (Å²) in [5.74, 6) is 0.547. The first kappa shape index (κ1) is 19.2. The predicted octanol–water partition coefficient (Wildman–Crippen LogP) is 3.87. The molecule has 2 aromatic carbocycles. The minimum absolute atomic E-state index is 0.00677. The predicted molar refractivity (Wildman–Crippen MR) is 106 cm³/mol. The van der Waals surface area contributed by atoms with E-state index < -0.39 is 6.10 Å². The highest BCUT2D eigenvalue weighted by Gasteiger charge is 2.26. The molecule has 0 saturated carbocycles. The largest absolute Gasteiger partial charge is 0.481 e. The quantitative estimate of drug-likeness (QED) is 0.819. The molecule has 144 valence electrons. The molecule has 0 bridgehead atoms. The van der Waals surface area contributed by atoms with Crippen molar-refractivity contribution < 1.29 is 13.9 Å². The fourth-order valence-electron chi connectivity index (χ4n) is 3.46. The monoisotopic (exact) mass is 370 g/mol. The maximum absolute atomic E-state index is 13.1. The van der Waals surface area contributed by atoms with Gasteiger partial charge in [0.15, 0.2) is 6.10 Å². The molecule has 0 N–H and O–H groups in total. The maximum Gasteiger partial charge on any atom is 0.263 e. The molecule has 1 heterocycles. The van der Waals surface area contributed by atoms with Crippen LogP contribution in [0.25, 0.3) is 0 Å². The lowest BCUT2D eigenvalue weighted by Crippen LogP contribution is -2.52. The van der Waals surface area contributed by atoms with Crippen molar-refractivity contribution in [3.8, 4) is 5.75 Å². The SMILES string of the molecule is Cc1cc(C)c(C)c(O[C@@H](C)C(=O)N2CCN(c3ccc(F)cc3)CC2)c1. The second kappa shape index (κ2) is 7.99. The summed E-state index contributed by atoms with van der Waals surface area (Å²) in [6.07, 6.45) is -0.526. The number of carbonyl (C=O) groups excluding carboxylic acids is 1. The highest BCUT2D eigenvalue weighted by molar-refractivity contribution is 5.81. The van der Waals surface area contributed by atoms with Gasteiger partial charge in [-0.2, -0.15) is 0 Å². The van der Waals surface area contributed by atoms with E-state index in [1.165, 1.54) is 12.1 Å². The molecule has 0 spiro atoms. The van der Waals surface area contributed by atoms with Crippen LogP contribution in [0.15, 0.2) is 36.4 Å². The van der Waals surface area contributed by atoms with Crippen LogP contribution in [0.1, 0.15) is 23.6 Å². The first-order valence-electron chi connectivity index (χ1n) is 9.39. The second-order valence-corrected chi connectivity index (χ2v) is 7.25. The third kappa shape index (κ3) is 4.41. The van der Waals surface area contributed by atoms with E-state index in [0.29, 0.717) is 13.1 Å². The molecule has 2 aromatic rings. The van der Waals surface area contributed by atoms with E-state index in [4.69, 9.17) is 4.74 Å². The fraction of sp³-hybridized carbons (Fsp3) is 0.409. The van der Waals surface area contributed by atoms with Crippen molar-refractivity contribution in [2.75, 3.05) is 31.1 Å². The zero-order valence-corrected chi connectivity index (χ0v) is 16.5. The second-order valence-electron chi connectivity index (χ2n) is 7.25. The first-order valence-corrected chi connectivity index (χ1v) is 9.39. The van der Waals surface area contributed by atoms with Crippen LogP contribution in [0, 0.1) is 26.6 Å². The lowest BCUT2D eigenvalue weighted by Gasteiger charge is -2.37. The molecular weight excluding hydrogens is 343 g/mol. The Labute approximate surface area is 160 Å². The molecule has 1 atom stereocenters. The van der Waals surface area contributed by atoms with Gasteiger partial charge in [0.1, 0.15) is 11.6 Å². The summed E-state index contributed by atoms with van der Waals surface area (Å²) < 4.78 is 19.1. The number of carbonyl (C=O) groups is 1. The molecule has 5 heteroatoms. The van der Waals surface area contributed by atoms with Crippen LogP contribution in [0.3, 0.4) is 0 Å². The van der Waals surface area contributed by atoms with Crippen molar-refractivity contribution in [3.63, 3.8) is 0 Å². The van der Waals surface area contributed by atoms with E-state index in [9.17, 15) is 9.18 Å². The Morgan fingerprint density at radius 2 is 1.67 bits per heavy atom. The van der Waals surface area contributed by atoms with Gasteiger partial charge < -0.3 is 14.5 Å². The Kier molecular flexibility index (Phi) is 5.68. The number of aryl methyl sites for hydroxylation is 2. The Morgan fingerprint density at radius 1 is 1.04 bits per heavy atom. The Balaban J connectivity index is 1.59. The number of piperazine rings is 1. The van der Waals surface area contributed by atoms with E-state index in [2.05, 4.69) is 17.9 Å². The van der Waals surface area contributed by atoms with Crippen LogP contribution < -0.4 is 9.64 Å². The molecular formula is C22H27FN2O2. The molecule has 1 aliphatic rings. The molecule has 0 radical (unpaired) electrons. The summed E-state index contributed by atoms with van der Waals surface area (Å²) in [7, 11) is 0. The van der Waals surface area contributed by atoms with Crippen molar-refractivity contribution in [3.05, 3.63) is 58.9 Å². The van der Waals surface area contributed by atoms with Gasteiger partial charge in [0.2, 0.25) is 0 Å². The maximum atomic E-state index is 13.1. The van der Waals surface area contributed by atoms with Gasteiger partial charge in [0, 0.05) is 31.9 Å². The molecule has 3 rings (SSSR count). The first-order chi connectivity index (χ1) is 12.8. The molecule has 0 aliphatic carbocycles. The van der Waals surface area contributed by atoms with Crippen molar-refractivity contribution >= 4 is 11.6 Å². The smallest absolute Gasteiger partial charge is 0.263 e. The summed E-state index contributed by atoms with van der Waals surface area (Å²) in [6, 6.07) is 10.6. The third-order valence-corrected chi connectivity index (χ3v) is 5.20. The van der Waals surface area contributed by atoms with E-state index in [1.807, 2.05) is 31.7 Å². The van der Waals surface area contributed by atoms with Gasteiger partial charge in [-0.25, -0.2) is 4.39 Å². The van der Waals surface area contributed by atoms with Crippen LogP contribution >= 0.6 is 0 Å². The molecule has 1 amide bonds. The number of nitrogens with zero attached hydrogens (tertiary/aromatic N) is 2. The number of amides is 1. The van der Waals surface area contributed by atoms with Crippen LogP contribution in [0.5, 0.6) is 5.75 Å². The number of benzene rings is 2. The topological polar surface area (TPSA) is 32.8 Å². The number of rotatable bonds is 4. The summed E-state index contributed by atoms with van der Waals surface area (Å²) >= 11 is 0. The number of anilines is 1. The van der Waals surface area contributed by atoms with Gasteiger partial charge in [-0.1, -0.05) is 6.07 Å². The van der Waals surface area contributed by atoms with Crippen LogP contribution in [-0.2, 0) is 4.79 Å². The molecule has 0 unspecified atom stereocenters. The Morgan fingerprint density at radius 3 is 2.30 bits per heavy atom. The molecule has 27 heavy (non-hydrogen) atoms. The van der Waals surface area contributed by atoms with Crippen molar-refractivity contribution in [2.45, 2.75) is 33.8 Å². The van der Waals surface area contributed by atoms with Crippen molar-refractivity contribution in [1.29, 1.82) is 0 Å². The molecule has 4 nitrogen and oxygen atoms in total. The van der Waals surface area contributed by atoms with E-state index in [1.54, 1.807) is 12.1 Å². The fourth-order valence-corrected chi connectivity index (χ4v) is 3.46. The van der Waals surface area contributed by atoms with Crippen molar-refractivity contribution in [2.24, 2.45) is 0 Å². The van der Waals surface area contributed by atoms with Gasteiger partial charge in [-0.05, 0) is 74.7 Å². The minimum atomic E-state index is -0.526. The number of halogens is 1. The highest BCUT2D eigenvalue weighted by atomic mass is 19.1. The summed E-state index contributed by atoms with van der Waals surface area (Å²) in [5, 5.41) is 0. The van der Waals surface area contributed by atoms with Crippen LogP contribution in [-0.4, -0.2) is 43.1 Å². The molecule has 0 aromatic heterocycles. The summed E-state index contributed by atoms with van der Waals surface area (Å²) in [4.78, 5) is 16.8. The van der Waals surface area contributed by atoms with E-state index in [-0.39, 0.29) is 11.7 Å². The Hall–Kier alpha value is -2.56. The standard InChI is InChI=1S/C22H27FN2O2/c1-15-13-16(2)17(3)21(14-15)27-18(4)22(26)25-11-9-24(10-12-25)20-7-5-19(23)6-8-20/h5-8,13-14,18H,9-12H2,1-4H3/t18-/m0/s1. The van der Waals surface area contributed by atoms with Crippen LogP contribution in [0.4, 0.5) is 10.1 Å². The summed E-state index contributed by atoms with van der Waals surface area (Å²) in [5.41, 5.74) is 4.35. The number of ether oxygens (including phenoxy) is 1. The van der Waals surface area contributed by atoms with Gasteiger partial charge in [-0.3, -0.25) is 4.79 Å². The minimum Gasteiger partial charge on any atom is -0.481 e. The summed E-state index contributed by atoms with van der Waals surface area (Å²) in [6.45, 7) is 10.6. The normalized spacial score (nSPS) is 15.6. The van der Waals surface area contributed by atoms with Gasteiger partial charge >= 0.3 is 0 Å². The lowest BCUT2D eigenvalue weighted by atomic mass is 10.1. The van der Waals surface area contributed by atoms with E-state index >= 15 is 0 Å². The lowest BCUT2D eigenvalue weighted by molar-refractivity contribution is -0.138. The van der Waals surface area contributed by atoms with Crippen LogP contribution in [0.2, 0.25) is 0 Å². The Bertz CT molecular complexity index is 812. The third-order valence-electron chi connectivity index (χ3n) is 5.20. The molecule has 1 saturated heterocycles. The average Bonchev–Trinajstić information content (AvgIpc) is 2.66. The van der Waals surface area contributed by atoms with Crippen molar-refractivity contribution in [1.82, 2.24) is 4.90 Å².